The van der Waals surface area contributed by atoms with Crippen LogP contribution in [-0.2, 0) is 9.47 Å². The first-order valence-electron chi connectivity index (χ1n) is 8.04. The molecule has 0 radical (unpaired) electrons. The molecule has 0 saturated heterocycles. The maximum absolute atomic E-state index is 13.3. The standard InChI is InChI=1S/C19H18FNO5S/c1-4-9-26-19(24)15-11(3)14(18(23)25-5-2)17(27-15)21-16(22)12-7-6-8-13(20)10-12/h4,6-8,10H,1,5,9H2,2-3H3,(H,21,22). The Kier molecular flexibility index (Phi) is 6.84. The average Bonchev–Trinajstić information content (AvgIpc) is 2.96. The molecule has 2 aromatic rings. The predicted octanol–water partition coefficient (Wildman–Crippen LogP) is 3.97. The Morgan fingerprint density at radius 3 is 2.63 bits per heavy atom. The smallest absolute Gasteiger partial charge is 0.348 e. The number of halogens is 1. The summed E-state index contributed by atoms with van der Waals surface area (Å²) < 4.78 is 23.4. The lowest BCUT2D eigenvalue weighted by Crippen LogP contribution is -2.15. The zero-order valence-electron chi connectivity index (χ0n) is 14.8. The van der Waals surface area contributed by atoms with Crippen LogP contribution in [0.25, 0.3) is 0 Å². The minimum atomic E-state index is -0.677. The fraction of sp³-hybridized carbons (Fsp3) is 0.211. The second-order valence-electron chi connectivity index (χ2n) is 5.33. The van der Waals surface area contributed by atoms with Gasteiger partial charge in [-0.1, -0.05) is 18.7 Å². The van der Waals surface area contributed by atoms with Crippen molar-refractivity contribution in [2.75, 3.05) is 18.5 Å². The monoisotopic (exact) mass is 391 g/mol. The molecule has 1 aromatic carbocycles. The van der Waals surface area contributed by atoms with Gasteiger partial charge in [-0.15, -0.1) is 11.3 Å². The third-order valence-electron chi connectivity index (χ3n) is 3.46. The van der Waals surface area contributed by atoms with Crippen molar-refractivity contribution in [1.82, 2.24) is 0 Å². The molecule has 8 heteroatoms. The number of thiophene rings is 1. The van der Waals surface area contributed by atoms with Gasteiger partial charge in [-0.25, -0.2) is 14.0 Å². The quantitative estimate of drug-likeness (QED) is 0.571. The molecule has 0 fully saturated rings. The van der Waals surface area contributed by atoms with Crippen LogP contribution in [0.15, 0.2) is 36.9 Å². The predicted molar refractivity (Wildman–Crippen MR) is 99.8 cm³/mol. The number of hydrogen-bond donors (Lipinski definition) is 1. The molecule has 1 N–H and O–H groups in total. The van der Waals surface area contributed by atoms with Gasteiger partial charge in [-0.3, -0.25) is 4.79 Å². The second kappa shape index (κ2) is 9.09. The van der Waals surface area contributed by atoms with E-state index in [9.17, 15) is 18.8 Å². The summed E-state index contributed by atoms with van der Waals surface area (Å²) in [5.41, 5.74) is 0.478. The molecular formula is C19H18FNO5S. The fourth-order valence-electron chi connectivity index (χ4n) is 2.25. The summed E-state index contributed by atoms with van der Waals surface area (Å²) in [6.07, 6.45) is 1.42. The van der Waals surface area contributed by atoms with Gasteiger partial charge in [0, 0.05) is 5.56 Å². The first kappa shape index (κ1) is 20.3. The molecule has 0 aliphatic heterocycles. The number of nitrogens with one attached hydrogen (secondary N) is 1. The lowest BCUT2D eigenvalue weighted by atomic mass is 10.1. The van der Waals surface area contributed by atoms with E-state index < -0.39 is 23.7 Å². The summed E-state index contributed by atoms with van der Waals surface area (Å²) in [7, 11) is 0. The Labute approximate surface area is 159 Å². The van der Waals surface area contributed by atoms with Gasteiger partial charge in [0.05, 0.1) is 12.2 Å². The Hall–Kier alpha value is -3.00. The van der Waals surface area contributed by atoms with E-state index in [1.807, 2.05) is 0 Å². The summed E-state index contributed by atoms with van der Waals surface area (Å²) in [6.45, 7) is 6.81. The molecule has 0 unspecified atom stereocenters. The summed E-state index contributed by atoms with van der Waals surface area (Å²) in [4.78, 5) is 37.1. The average molecular weight is 391 g/mol. The first-order valence-corrected chi connectivity index (χ1v) is 8.86. The molecule has 0 aliphatic rings. The van der Waals surface area contributed by atoms with Crippen molar-refractivity contribution in [1.29, 1.82) is 0 Å². The van der Waals surface area contributed by atoms with E-state index >= 15 is 0 Å². The van der Waals surface area contributed by atoms with Crippen LogP contribution in [0.3, 0.4) is 0 Å². The maximum Gasteiger partial charge on any atom is 0.348 e. The second-order valence-corrected chi connectivity index (χ2v) is 6.35. The number of hydrogen-bond acceptors (Lipinski definition) is 6. The van der Waals surface area contributed by atoms with Gasteiger partial charge in [-0.2, -0.15) is 0 Å². The van der Waals surface area contributed by atoms with E-state index in [4.69, 9.17) is 9.47 Å². The third kappa shape index (κ3) is 4.79. The number of anilines is 1. The van der Waals surface area contributed by atoms with Crippen molar-refractivity contribution >= 4 is 34.2 Å². The minimum absolute atomic E-state index is 0.00982. The number of carbonyl (C=O) groups is 3. The van der Waals surface area contributed by atoms with Crippen LogP contribution >= 0.6 is 11.3 Å². The van der Waals surface area contributed by atoms with Crippen molar-refractivity contribution < 1.29 is 28.2 Å². The molecule has 0 atom stereocenters. The van der Waals surface area contributed by atoms with E-state index in [2.05, 4.69) is 11.9 Å². The van der Waals surface area contributed by atoms with Crippen LogP contribution in [0.5, 0.6) is 0 Å². The Balaban J connectivity index is 2.40. The third-order valence-corrected chi connectivity index (χ3v) is 4.65. The highest BCUT2D eigenvalue weighted by Crippen LogP contribution is 2.34. The molecule has 0 spiro atoms. The first-order chi connectivity index (χ1) is 12.9. The van der Waals surface area contributed by atoms with Crippen LogP contribution in [0, 0.1) is 12.7 Å². The highest BCUT2D eigenvalue weighted by atomic mass is 32.1. The topological polar surface area (TPSA) is 81.7 Å². The molecule has 1 amide bonds. The lowest BCUT2D eigenvalue weighted by molar-refractivity contribution is 0.0527. The molecule has 0 bridgehead atoms. The van der Waals surface area contributed by atoms with Gasteiger partial charge in [0.15, 0.2) is 0 Å². The van der Waals surface area contributed by atoms with Crippen molar-refractivity contribution in [3.63, 3.8) is 0 Å². The van der Waals surface area contributed by atoms with Gasteiger partial charge in [0.25, 0.3) is 5.91 Å². The van der Waals surface area contributed by atoms with Gasteiger partial charge in [0.2, 0.25) is 0 Å². The number of ether oxygens (including phenoxy) is 2. The summed E-state index contributed by atoms with van der Waals surface area (Å²) in [6, 6.07) is 5.11. The number of amides is 1. The normalized spacial score (nSPS) is 10.2. The van der Waals surface area contributed by atoms with E-state index in [0.717, 1.165) is 17.4 Å². The Morgan fingerprint density at radius 2 is 2.00 bits per heavy atom. The number of benzene rings is 1. The van der Waals surface area contributed by atoms with Gasteiger partial charge in [0.1, 0.15) is 22.3 Å². The van der Waals surface area contributed by atoms with Crippen LogP contribution in [0.2, 0.25) is 0 Å². The highest BCUT2D eigenvalue weighted by Gasteiger charge is 2.27. The molecule has 6 nitrogen and oxygen atoms in total. The van der Waals surface area contributed by atoms with Crippen molar-refractivity contribution in [3.05, 3.63) is 64.3 Å². The largest absolute Gasteiger partial charge is 0.462 e. The van der Waals surface area contributed by atoms with Gasteiger partial charge < -0.3 is 14.8 Å². The van der Waals surface area contributed by atoms with Crippen LogP contribution < -0.4 is 5.32 Å². The van der Waals surface area contributed by atoms with Crippen molar-refractivity contribution in [2.24, 2.45) is 0 Å². The summed E-state index contributed by atoms with van der Waals surface area (Å²) in [5.74, 6) is -2.51. The molecule has 1 heterocycles. The Morgan fingerprint density at radius 1 is 1.26 bits per heavy atom. The molecule has 0 saturated carbocycles. The van der Waals surface area contributed by atoms with Gasteiger partial charge >= 0.3 is 11.9 Å². The molecule has 2 rings (SSSR count). The molecule has 0 aliphatic carbocycles. The molecule has 142 valence electrons. The van der Waals surface area contributed by atoms with Gasteiger partial charge in [-0.05, 0) is 37.6 Å². The van der Waals surface area contributed by atoms with Crippen LogP contribution in [-0.4, -0.2) is 31.1 Å². The number of carbonyl (C=O) groups excluding carboxylic acids is 3. The maximum atomic E-state index is 13.3. The van der Waals surface area contributed by atoms with Crippen LogP contribution in [0.4, 0.5) is 9.39 Å². The van der Waals surface area contributed by atoms with E-state index in [-0.39, 0.29) is 34.2 Å². The summed E-state index contributed by atoms with van der Waals surface area (Å²) >= 11 is 0.891. The van der Waals surface area contributed by atoms with E-state index in [1.165, 1.54) is 24.3 Å². The minimum Gasteiger partial charge on any atom is -0.462 e. The highest BCUT2D eigenvalue weighted by molar-refractivity contribution is 7.18. The van der Waals surface area contributed by atoms with E-state index in [0.29, 0.717) is 5.56 Å². The SMILES string of the molecule is C=CCOC(=O)c1sc(NC(=O)c2cccc(F)c2)c(C(=O)OCC)c1C. The summed E-state index contributed by atoms with van der Waals surface area (Å²) in [5, 5.41) is 2.68. The molecule has 27 heavy (non-hydrogen) atoms. The fourth-order valence-corrected chi connectivity index (χ4v) is 3.33. The van der Waals surface area contributed by atoms with Crippen molar-refractivity contribution in [3.8, 4) is 0 Å². The number of esters is 2. The van der Waals surface area contributed by atoms with Crippen LogP contribution in [0.1, 0.15) is 42.9 Å². The number of rotatable bonds is 7. The Bertz CT molecular complexity index is 890. The van der Waals surface area contributed by atoms with Crippen molar-refractivity contribution in [2.45, 2.75) is 13.8 Å². The zero-order valence-corrected chi connectivity index (χ0v) is 15.7. The molecular weight excluding hydrogens is 373 g/mol. The zero-order chi connectivity index (χ0) is 20.0. The lowest BCUT2D eigenvalue weighted by Gasteiger charge is -2.07. The molecule has 1 aromatic heterocycles. The van der Waals surface area contributed by atoms with E-state index in [1.54, 1.807) is 13.8 Å².